The van der Waals surface area contributed by atoms with Crippen molar-refractivity contribution < 1.29 is 13.2 Å². The molecular formula is C9H10F3NS. The van der Waals surface area contributed by atoms with Crippen LogP contribution in [0.1, 0.15) is 0 Å². The Morgan fingerprint density at radius 2 is 1.93 bits per heavy atom. The lowest BCUT2D eigenvalue weighted by Crippen LogP contribution is -2.07. The van der Waals surface area contributed by atoms with Crippen LogP contribution in [0.5, 0.6) is 0 Å². The van der Waals surface area contributed by atoms with E-state index < -0.39 is 17.5 Å². The molecule has 1 nitrogen and oxygen atoms in total. The fourth-order valence-electron chi connectivity index (χ4n) is 0.950. The standard InChI is InChI=1S/C9H10F3NS/c1-14-5-4-13-7-3-2-6(10)8(11)9(7)12/h2-3,13H,4-5H2,1H3. The number of anilines is 1. The monoisotopic (exact) mass is 221 g/mol. The first-order valence-corrected chi connectivity index (χ1v) is 5.42. The predicted octanol–water partition coefficient (Wildman–Crippen LogP) is 2.88. The molecule has 0 aliphatic heterocycles. The van der Waals surface area contributed by atoms with E-state index >= 15 is 0 Å². The van der Waals surface area contributed by atoms with Crippen LogP contribution >= 0.6 is 11.8 Å². The SMILES string of the molecule is CSCCNc1ccc(F)c(F)c1F. The van der Waals surface area contributed by atoms with E-state index in [0.717, 1.165) is 11.8 Å². The van der Waals surface area contributed by atoms with Crippen molar-refractivity contribution in [3.63, 3.8) is 0 Å². The van der Waals surface area contributed by atoms with Gasteiger partial charge in [0.25, 0.3) is 0 Å². The summed E-state index contributed by atoms with van der Waals surface area (Å²) in [6, 6.07) is 2.09. The molecule has 1 aromatic carbocycles. The summed E-state index contributed by atoms with van der Waals surface area (Å²) in [6.45, 7) is 0.517. The first-order valence-electron chi connectivity index (χ1n) is 4.03. The van der Waals surface area contributed by atoms with E-state index in [1.165, 1.54) is 6.07 Å². The molecular weight excluding hydrogens is 211 g/mol. The minimum atomic E-state index is -1.43. The number of benzene rings is 1. The van der Waals surface area contributed by atoms with Gasteiger partial charge in [0.2, 0.25) is 0 Å². The zero-order chi connectivity index (χ0) is 10.6. The zero-order valence-electron chi connectivity index (χ0n) is 7.61. The van der Waals surface area contributed by atoms with Crippen molar-refractivity contribution in [2.45, 2.75) is 0 Å². The van der Waals surface area contributed by atoms with Gasteiger partial charge < -0.3 is 5.32 Å². The highest BCUT2D eigenvalue weighted by Crippen LogP contribution is 2.19. The molecule has 1 aromatic rings. The van der Waals surface area contributed by atoms with Crippen LogP contribution in [0.15, 0.2) is 12.1 Å². The minimum Gasteiger partial charge on any atom is -0.382 e. The van der Waals surface area contributed by atoms with Crippen molar-refractivity contribution >= 4 is 17.4 Å². The Morgan fingerprint density at radius 3 is 2.57 bits per heavy atom. The van der Waals surface area contributed by atoms with Gasteiger partial charge in [-0.2, -0.15) is 11.8 Å². The maximum atomic E-state index is 13.0. The Hall–Kier alpha value is -0.840. The average molecular weight is 221 g/mol. The van der Waals surface area contributed by atoms with E-state index in [0.29, 0.717) is 6.54 Å². The molecule has 0 saturated carbocycles. The third-order valence-electron chi connectivity index (χ3n) is 1.66. The molecule has 0 aromatic heterocycles. The molecule has 0 unspecified atom stereocenters. The molecule has 14 heavy (non-hydrogen) atoms. The van der Waals surface area contributed by atoms with Crippen LogP contribution in [0.2, 0.25) is 0 Å². The van der Waals surface area contributed by atoms with Gasteiger partial charge in [0.05, 0.1) is 5.69 Å². The Bertz CT molecular complexity index is 317. The number of nitrogens with one attached hydrogen (secondary N) is 1. The lowest BCUT2D eigenvalue weighted by Gasteiger charge is -2.06. The summed E-state index contributed by atoms with van der Waals surface area (Å²) in [5, 5.41) is 2.68. The molecule has 0 spiro atoms. The largest absolute Gasteiger partial charge is 0.382 e. The summed E-state index contributed by atoms with van der Waals surface area (Å²) in [5.41, 5.74) is -0.00190. The molecule has 0 amide bonds. The zero-order valence-corrected chi connectivity index (χ0v) is 8.43. The highest BCUT2D eigenvalue weighted by Gasteiger charge is 2.12. The summed E-state index contributed by atoms with van der Waals surface area (Å²) < 4.78 is 38.2. The molecule has 0 aliphatic carbocycles. The number of halogens is 3. The molecule has 0 heterocycles. The van der Waals surface area contributed by atoms with Gasteiger partial charge in [0.1, 0.15) is 0 Å². The van der Waals surface area contributed by atoms with E-state index in [1.54, 1.807) is 11.8 Å². The van der Waals surface area contributed by atoms with Crippen LogP contribution < -0.4 is 5.32 Å². The van der Waals surface area contributed by atoms with Crippen LogP contribution in [0.25, 0.3) is 0 Å². The van der Waals surface area contributed by atoms with E-state index in [2.05, 4.69) is 5.32 Å². The third-order valence-corrected chi connectivity index (χ3v) is 2.27. The molecule has 0 atom stereocenters. The highest BCUT2D eigenvalue weighted by atomic mass is 32.2. The first-order chi connectivity index (χ1) is 6.66. The Kier molecular flexibility index (Phi) is 4.13. The Morgan fingerprint density at radius 1 is 1.21 bits per heavy atom. The molecule has 0 bridgehead atoms. The molecule has 78 valence electrons. The van der Waals surface area contributed by atoms with Gasteiger partial charge in [0.15, 0.2) is 17.5 Å². The van der Waals surface area contributed by atoms with Crippen LogP contribution in [0.3, 0.4) is 0 Å². The van der Waals surface area contributed by atoms with E-state index in [9.17, 15) is 13.2 Å². The van der Waals surface area contributed by atoms with Crippen LogP contribution in [0.4, 0.5) is 18.9 Å². The van der Waals surface area contributed by atoms with Crippen molar-refractivity contribution in [2.24, 2.45) is 0 Å². The second-order valence-electron chi connectivity index (χ2n) is 2.64. The fraction of sp³-hybridized carbons (Fsp3) is 0.333. The molecule has 0 saturated heterocycles. The fourth-order valence-corrected chi connectivity index (χ4v) is 1.26. The molecule has 0 radical (unpaired) electrons. The van der Waals surface area contributed by atoms with Crippen molar-refractivity contribution in [3.05, 3.63) is 29.6 Å². The maximum absolute atomic E-state index is 13.0. The van der Waals surface area contributed by atoms with E-state index in [-0.39, 0.29) is 5.69 Å². The molecule has 5 heteroatoms. The normalized spacial score (nSPS) is 10.3. The Labute approximate surface area is 84.7 Å². The van der Waals surface area contributed by atoms with E-state index in [4.69, 9.17) is 0 Å². The molecule has 0 aliphatic rings. The lowest BCUT2D eigenvalue weighted by molar-refractivity contribution is 0.449. The number of rotatable bonds is 4. The quantitative estimate of drug-likeness (QED) is 0.619. The van der Waals surface area contributed by atoms with E-state index in [1.807, 2.05) is 6.26 Å². The topological polar surface area (TPSA) is 12.0 Å². The minimum absolute atomic E-state index is 0.00190. The van der Waals surface area contributed by atoms with Crippen LogP contribution in [-0.2, 0) is 0 Å². The first kappa shape index (κ1) is 11.2. The Balaban J connectivity index is 2.73. The molecule has 0 fully saturated rings. The van der Waals surface area contributed by atoms with Crippen molar-refractivity contribution in [3.8, 4) is 0 Å². The molecule has 1 rings (SSSR count). The maximum Gasteiger partial charge on any atom is 0.196 e. The van der Waals surface area contributed by atoms with Gasteiger partial charge >= 0.3 is 0 Å². The lowest BCUT2D eigenvalue weighted by atomic mass is 10.3. The average Bonchev–Trinajstić information content (AvgIpc) is 2.18. The summed E-state index contributed by atoms with van der Waals surface area (Å²) in [4.78, 5) is 0. The second-order valence-corrected chi connectivity index (χ2v) is 3.63. The number of hydrogen-bond donors (Lipinski definition) is 1. The summed E-state index contributed by atoms with van der Waals surface area (Å²) in [6.07, 6.45) is 1.91. The number of hydrogen-bond acceptors (Lipinski definition) is 2. The van der Waals surface area contributed by atoms with Crippen molar-refractivity contribution in [1.29, 1.82) is 0 Å². The summed E-state index contributed by atoms with van der Waals surface area (Å²) >= 11 is 1.58. The second kappa shape index (κ2) is 5.14. The third kappa shape index (κ3) is 2.57. The van der Waals surface area contributed by atoms with Crippen molar-refractivity contribution in [1.82, 2.24) is 0 Å². The summed E-state index contributed by atoms with van der Waals surface area (Å²) in [5.74, 6) is -2.98. The highest BCUT2D eigenvalue weighted by molar-refractivity contribution is 7.98. The predicted molar refractivity (Wildman–Crippen MR) is 53.2 cm³/mol. The molecule has 1 N–H and O–H groups in total. The van der Waals surface area contributed by atoms with Gasteiger partial charge in [-0.05, 0) is 18.4 Å². The smallest absolute Gasteiger partial charge is 0.196 e. The van der Waals surface area contributed by atoms with Gasteiger partial charge in [0, 0.05) is 12.3 Å². The summed E-state index contributed by atoms with van der Waals surface area (Å²) in [7, 11) is 0. The van der Waals surface area contributed by atoms with Crippen LogP contribution in [0, 0.1) is 17.5 Å². The van der Waals surface area contributed by atoms with Gasteiger partial charge in [-0.25, -0.2) is 13.2 Å². The van der Waals surface area contributed by atoms with Gasteiger partial charge in [-0.3, -0.25) is 0 Å². The van der Waals surface area contributed by atoms with Crippen LogP contribution in [-0.4, -0.2) is 18.6 Å². The van der Waals surface area contributed by atoms with Gasteiger partial charge in [-0.15, -0.1) is 0 Å². The number of thioether (sulfide) groups is 1. The van der Waals surface area contributed by atoms with Gasteiger partial charge in [-0.1, -0.05) is 0 Å². The van der Waals surface area contributed by atoms with Crippen molar-refractivity contribution in [2.75, 3.05) is 23.9 Å².